The van der Waals surface area contributed by atoms with Crippen molar-refractivity contribution in [2.75, 3.05) is 0 Å². The molecule has 2 aromatic carbocycles. The summed E-state index contributed by atoms with van der Waals surface area (Å²) in [4.78, 5) is 61.2. The maximum atomic E-state index is 13.1. The molecule has 9 nitrogen and oxygen atoms in total. The molecule has 0 bridgehead atoms. The van der Waals surface area contributed by atoms with Crippen LogP contribution in [0.3, 0.4) is 0 Å². The Bertz CT molecular complexity index is 1110. The predicted octanol–water partition coefficient (Wildman–Crippen LogP) is 3.94. The first-order valence-corrected chi connectivity index (χ1v) is 11.0. The first kappa shape index (κ1) is 23.2. The number of carbonyl (C=O) groups is 5. The quantitative estimate of drug-likeness (QED) is 0.420. The lowest BCUT2D eigenvalue weighted by Gasteiger charge is -2.12. The van der Waals surface area contributed by atoms with E-state index in [4.69, 9.17) is 18.9 Å². The smallest absolute Gasteiger partial charge is 0.342 e. The molecule has 0 aliphatic carbocycles. The minimum atomic E-state index is -1.15. The van der Waals surface area contributed by atoms with Gasteiger partial charge in [0, 0.05) is 35.1 Å². The van der Waals surface area contributed by atoms with Crippen LogP contribution < -0.4 is 0 Å². The van der Waals surface area contributed by atoms with E-state index in [1.165, 1.54) is 36.4 Å². The molecule has 2 aliphatic heterocycles. The first-order chi connectivity index (χ1) is 16.3. The Morgan fingerprint density at radius 2 is 1.15 bits per heavy atom. The van der Waals surface area contributed by atoms with Crippen LogP contribution in [0.2, 0.25) is 0 Å². The summed E-state index contributed by atoms with van der Waals surface area (Å²) < 4.78 is 20.6. The molecule has 2 heterocycles. The SMILES string of the molecule is CCCC(=O)OC1OC(=O)c2cc(C(=O)c3ccc4c(c3)C(=O)OC4OC(=O)CCC)ccc21. The van der Waals surface area contributed by atoms with Gasteiger partial charge < -0.3 is 18.9 Å². The van der Waals surface area contributed by atoms with Crippen LogP contribution in [0.5, 0.6) is 0 Å². The largest absolute Gasteiger partial charge is 0.421 e. The van der Waals surface area contributed by atoms with Gasteiger partial charge in [0.1, 0.15) is 0 Å². The summed E-state index contributed by atoms with van der Waals surface area (Å²) in [6, 6.07) is 8.72. The Labute approximate surface area is 194 Å². The molecule has 0 saturated heterocycles. The molecule has 0 saturated carbocycles. The second-order valence-electron chi connectivity index (χ2n) is 7.89. The molecule has 2 atom stereocenters. The number of carbonyl (C=O) groups excluding carboxylic acids is 5. The molecular formula is C25H22O9. The standard InChI is InChI=1S/C25H22O9/c1-3-5-19(26)31-24-15-9-7-13(11-17(15)22(29)33-24)21(28)14-8-10-16-18(12-14)23(30)34-25(16)32-20(27)6-4-2/h7-12,24-25H,3-6H2,1-2H3. The summed E-state index contributed by atoms with van der Waals surface area (Å²) >= 11 is 0. The maximum Gasteiger partial charge on any atom is 0.342 e. The van der Waals surface area contributed by atoms with Crippen LogP contribution in [0.15, 0.2) is 36.4 Å². The molecule has 9 heteroatoms. The lowest BCUT2D eigenvalue weighted by atomic mass is 9.96. The number of esters is 4. The molecule has 0 radical (unpaired) electrons. The minimum absolute atomic E-state index is 0.128. The minimum Gasteiger partial charge on any atom is -0.421 e. The van der Waals surface area contributed by atoms with E-state index in [-0.39, 0.29) is 35.1 Å². The van der Waals surface area contributed by atoms with Crippen molar-refractivity contribution in [2.45, 2.75) is 52.1 Å². The highest BCUT2D eigenvalue weighted by Gasteiger charge is 2.36. The number of cyclic esters (lactones) is 2. The lowest BCUT2D eigenvalue weighted by Crippen LogP contribution is -2.11. The molecule has 2 aliphatic rings. The molecule has 2 unspecified atom stereocenters. The van der Waals surface area contributed by atoms with Crippen molar-refractivity contribution < 1.29 is 42.9 Å². The van der Waals surface area contributed by atoms with Crippen LogP contribution in [-0.2, 0) is 28.5 Å². The number of rotatable bonds is 8. The number of fused-ring (bicyclic) bond motifs is 2. The van der Waals surface area contributed by atoms with Crippen molar-refractivity contribution in [3.63, 3.8) is 0 Å². The van der Waals surface area contributed by atoms with Gasteiger partial charge in [0.15, 0.2) is 5.78 Å². The van der Waals surface area contributed by atoms with Crippen LogP contribution in [0.4, 0.5) is 0 Å². The Balaban J connectivity index is 1.55. The van der Waals surface area contributed by atoms with E-state index < -0.39 is 42.2 Å². The van der Waals surface area contributed by atoms with E-state index in [9.17, 15) is 24.0 Å². The Morgan fingerprint density at radius 3 is 1.53 bits per heavy atom. The highest BCUT2D eigenvalue weighted by Crippen LogP contribution is 2.35. The highest BCUT2D eigenvalue weighted by atomic mass is 16.7. The molecule has 0 N–H and O–H groups in total. The number of benzene rings is 2. The van der Waals surface area contributed by atoms with Gasteiger partial charge in [-0.2, -0.15) is 0 Å². The van der Waals surface area contributed by atoms with Gasteiger partial charge in [-0.15, -0.1) is 0 Å². The zero-order chi connectivity index (χ0) is 24.4. The molecule has 0 aromatic heterocycles. The van der Waals surface area contributed by atoms with Crippen molar-refractivity contribution in [2.24, 2.45) is 0 Å². The highest BCUT2D eigenvalue weighted by molar-refractivity contribution is 6.11. The molecule has 0 amide bonds. The van der Waals surface area contributed by atoms with Gasteiger partial charge in [0.05, 0.1) is 11.1 Å². The van der Waals surface area contributed by atoms with Crippen molar-refractivity contribution in [1.82, 2.24) is 0 Å². The average molecular weight is 466 g/mol. The molecule has 0 spiro atoms. The third-order valence-corrected chi connectivity index (χ3v) is 5.39. The van der Waals surface area contributed by atoms with Gasteiger partial charge in [0.25, 0.3) is 12.6 Å². The van der Waals surface area contributed by atoms with Crippen LogP contribution in [0.25, 0.3) is 0 Å². The lowest BCUT2D eigenvalue weighted by molar-refractivity contribution is -0.169. The summed E-state index contributed by atoms with van der Waals surface area (Å²) in [5, 5.41) is 0. The fourth-order valence-electron chi connectivity index (χ4n) is 3.71. The van der Waals surface area contributed by atoms with E-state index in [1.54, 1.807) is 0 Å². The van der Waals surface area contributed by atoms with E-state index in [0.29, 0.717) is 24.0 Å². The zero-order valence-corrected chi connectivity index (χ0v) is 18.6. The van der Waals surface area contributed by atoms with E-state index in [2.05, 4.69) is 0 Å². The fourth-order valence-corrected chi connectivity index (χ4v) is 3.71. The fraction of sp³-hybridized carbons (Fsp3) is 0.320. The second-order valence-corrected chi connectivity index (χ2v) is 7.89. The van der Waals surface area contributed by atoms with Crippen molar-refractivity contribution in [1.29, 1.82) is 0 Å². The van der Waals surface area contributed by atoms with Crippen molar-refractivity contribution in [3.05, 3.63) is 69.8 Å². The maximum absolute atomic E-state index is 13.1. The third kappa shape index (κ3) is 4.41. The normalized spacial score (nSPS) is 17.9. The van der Waals surface area contributed by atoms with Crippen LogP contribution in [0, 0.1) is 0 Å². The molecule has 4 rings (SSSR count). The molecule has 2 aromatic rings. The number of ketones is 1. The third-order valence-electron chi connectivity index (χ3n) is 5.39. The van der Waals surface area contributed by atoms with Crippen LogP contribution in [0.1, 0.15) is 99.9 Å². The van der Waals surface area contributed by atoms with Crippen molar-refractivity contribution >= 4 is 29.7 Å². The van der Waals surface area contributed by atoms with Gasteiger partial charge in [-0.25, -0.2) is 9.59 Å². The summed E-state index contributed by atoms with van der Waals surface area (Å²) in [6.45, 7) is 3.65. The van der Waals surface area contributed by atoms with E-state index in [0.717, 1.165) is 0 Å². The van der Waals surface area contributed by atoms with Crippen LogP contribution in [-0.4, -0.2) is 29.7 Å². The molecule has 0 fully saturated rings. The van der Waals surface area contributed by atoms with Gasteiger partial charge in [-0.3, -0.25) is 14.4 Å². The molecular weight excluding hydrogens is 444 g/mol. The zero-order valence-electron chi connectivity index (χ0n) is 18.6. The molecule has 176 valence electrons. The first-order valence-electron chi connectivity index (χ1n) is 11.0. The summed E-state index contributed by atoms with van der Waals surface area (Å²) in [7, 11) is 0. The summed E-state index contributed by atoms with van der Waals surface area (Å²) in [5.74, 6) is -2.82. The van der Waals surface area contributed by atoms with Crippen LogP contribution >= 0.6 is 0 Å². The second kappa shape index (κ2) is 9.46. The average Bonchev–Trinajstić information content (AvgIpc) is 3.29. The van der Waals surface area contributed by atoms with Gasteiger partial charge in [-0.1, -0.05) is 26.0 Å². The van der Waals surface area contributed by atoms with Gasteiger partial charge in [0.2, 0.25) is 0 Å². The molecule has 34 heavy (non-hydrogen) atoms. The van der Waals surface area contributed by atoms with Crippen molar-refractivity contribution in [3.8, 4) is 0 Å². The van der Waals surface area contributed by atoms with Gasteiger partial charge in [-0.05, 0) is 37.1 Å². The summed E-state index contributed by atoms with van der Waals surface area (Å²) in [5.41, 5.74) is 1.36. The number of ether oxygens (including phenoxy) is 4. The van der Waals surface area contributed by atoms with E-state index in [1.807, 2.05) is 13.8 Å². The predicted molar refractivity (Wildman–Crippen MR) is 115 cm³/mol. The monoisotopic (exact) mass is 466 g/mol. The number of hydrogen-bond donors (Lipinski definition) is 0. The Hall–Kier alpha value is -4.01. The van der Waals surface area contributed by atoms with E-state index >= 15 is 0 Å². The summed E-state index contributed by atoms with van der Waals surface area (Å²) in [6.07, 6.45) is -0.717. The number of hydrogen-bond acceptors (Lipinski definition) is 9. The topological polar surface area (TPSA) is 122 Å². The Kier molecular flexibility index (Phi) is 6.45. The Morgan fingerprint density at radius 1 is 0.735 bits per heavy atom. The van der Waals surface area contributed by atoms with Gasteiger partial charge >= 0.3 is 23.9 Å².